The zero-order valence-electron chi connectivity index (χ0n) is 21.5. The number of aliphatic hydroxyl groups excluding tert-OH is 1. The second-order valence-corrected chi connectivity index (χ2v) is 8.94. The van der Waals surface area contributed by atoms with Gasteiger partial charge in [0.15, 0.2) is 0 Å². The highest BCUT2D eigenvalue weighted by molar-refractivity contribution is 5.97. The number of anilines is 2. The van der Waals surface area contributed by atoms with Crippen LogP contribution in [-0.2, 0) is 13.1 Å². The van der Waals surface area contributed by atoms with Crippen molar-refractivity contribution in [2.45, 2.75) is 40.3 Å². The highest BCUT2D eigenvalue weighted by Gasteiger charge is 2.18. The minimum absolute atomic E-state index is 0.0671. The molecule has 0 spiro atoms. The number of ether oxygens (including phenoxy) is 1. The molecule has 0 fully saturated rings. The van der Waals surface area contributed by atoms with Crippen molar-refractivity contribution in [1.82, 2.24) is 25.3 Å². The molecule has 0 saturated heterocycles. The van der Waals surface area contributed by atoms with Gasteiger partial charge in [0.05, 0.1) is 24.4 Å². The van der Waals surface area contributed by atoms with Gasteiger partial charge < -0.3 is 20.5 Å². The van der Waals surface area contributed by atoms with Gasteiger partial charge in [0.1, 0.15) is 28.6 Å². The number of aliphatic hydroxyl groups is 1. The summed E-state index contributed by atoms with van der Waals surface area (Å²) < 4.78 is 7.95. The fourth-order valence-corrected chi connectivity index (χ4v) is 4.00. The maximum Gasteiger partial charge on any atom is 0.256 e. The summed E-state index contributed by atoms with van der Waals surface area (Å²) in [7, 11) is 0. The van der Waals surface area contributed by atoms with Gasteiger partial charge in [0.2, 0.25) is 0 Å². The first-order chi connectivity index (χ1) is 18.4. The molecule has 3 N–H and O–H groups in total. The van der Waals surface area contributed by atoms with E-state index in [1.165, 1.54) is 6.20 Å². The van der Waals surface area contributed by atoms with E-state index >= 15 is 0 Å². The number of hydrogen-bond donors (Lipinski definition) is 3. The number of aromatic nitrogens is 4. The summed E-state index contributed by atoms with van der Waals surface area (Å²) in [6.07, 6.45) is 3.77. The van der Waals surface area contributed by atoms with Gasteiger partial charge in [-0.2, -0.15) is 5.26 Å². The summed E-state index contributed by atoms with van der Waals surface area (Å²) in [5.74, 6) is 1.13. The molecule has 0 saturated carbocycles. The normalized spacial score (nSPS) is 10.6. The van der Waals surface area contributed by atoms with Gasteiger partial charge in [-0.1, -0.05) is 22.9 Å². The lowest BCUT2D eigenvalue weighted by Crippen LogP contribution is -2.24. The minimum atomic E-state index is -0.371. The molecule has 0 aliphatic carbocycles. The zero-order valence-corrected chi connectivity index (χ0v) is 21.5. The number of amides is 1. The molecule has 2 aromatic carbocycles. The molecule has 0 radical (unpaired) electrons. The number of pyridine rings is 1. The van der Waals surface area contributed by atoms with Crippen LogP contribution < -0.4 is 15.4 Å². The smallest absolute Gasteiger partial charge is 0.256 e. The van der Waals surface area contributed by atoms with Crippen LogP contribution in [0.3, 0.4) is 0 Å². The molecular weight excluding hydrogens is 482 g/mol. The van der Waals surface area contributed by atoms with Gasteiger partial charge in [-0.05, 0) is 62.6 Å². The summed E-state index contributed by atoms with van der Waals surface area (Å²) >= 11 is 0. The first-order valence-electron chi connectivity index (χ1n) is 12.2. The lowest BCUT2D eigenvalue weighted by atomic mass is 10.1. The van der Waals surface area contributed by atoms with Crippen LogP contribution in [0.2, 0.25) is 0 Å². The fourth-order valence-electron chi connectivity index (χ4n) is 4.00. The largest absolute Gasteiger partial charge is 0.456 e. The Morgan fingerprint density at radius 3 is 2.55 bits per heavy atom. The standard InChI is InChI=1S/C28H29N7O3/c1-18-11-19(2)27(20(3)12-18)38-25-13-26(32-22-7-5-21(14-29)6-8-22)30-16-24(25)28(37)31-15-23-17-35(34-33-23)9-4-10-36/h5-8,11-13,16-17,36H,4,9-10,15H2,1-3H3,(H,30,32)(H,31,37). The van der Waals surface area contributed by atoms with Crippen LogP contribution in [0, 0.1) is 32.1 Å². The van der Waals surface area contributed by atoms with E-state index in [4.69, 9.17) is 15.1 Å². The van der Waals surface area contributed by atoms with Crippen LogP contribution in [0.5, 0.6) is 11.5 Å². The van der Waals surface area contributed by atoms with Crippen LogP contribution in [-0.4, -0.2) is 37.6 Å². The fraction of sp³-hybridized carbons (Fsp3) is 0.250. The van der Waals surface area contributed by atoms with Crippen LogP contribution in [0.25, 0.3) is 0 Å². The third-order valence-electron chi connectivity index (χ3n) is 5.78. The van der Waals surface area contributed by atoms with Crippen molar-refractivity contribution in [2.75, 3.05) is 11.9 Å². The van der Waals surface area contributed by atoms with Crippen molar-refractivity contribution in [2.24, 2.45) is 0 Å². The van der Waals surface area contributed by atoms with E-state index in [-0.39, 0.29) is 24.6 Å². The highest BCUT2D eigenvalue weighted by Crippen LogP contribution is 2.33. The Kier molecular flexibility index (Phi) is 8.30. The van der Waals surface area contributed by atoms with E-state index in [9.17, 15) is 4.79 Å². The van der Waals surface area contributed by atoms with E-state index in [1.807, 2.05) is 32.9 Å². The molecule has 194 valence electrons. The molecule has 38 heavy (non-hydrogen) atoms. The lowest BCUT2D eigenvalue weighted by Gasteiger charge is -2.16. The average molecular weight is 512 g/mol. The highest BCUT2D eigenvalue weighted by atomic mass is 16.5. The molecule has 10 heteroatoms. The second-order valence-electron chi connectivity index (χ2n) is 8.94. The molecule has 2 aromatic heterocycles. The third-order valence-corrected chi connectivity index (χ3v) is 5.78. The van der Waals surface area contributed by atoms with Crippen molar-refractivity contribution in [3.63, 3.8) is 0 Å². The first-order valence-corrected chi connectivity index (χ1v) is 12.2. The van der Waals surface area contributed by atoms with Gasteiger partial charge in [-0.3, -0.25) is 9.48 Å². The van der Waals surface area contributed by atoms with Crippen molar-refractivity contribution in [1.29, 1.82) is 5.26 Å². The summed E-state index contributed by atoms with van der Waals surface area (Å²) in [5, 5.41) is 32.1. The van der Waals surface area contributed by atoms with Crippen molar-refractivity contribution >= 4 is 17.4 Å². The molecule has 0 atom stereocenters. The number of rotatable bonds is 10. The van der Waals surface area contributed by atoms with Crippen LogP contribution in [0.15, 0.2) is 54.9 Å². The van der Waals surface area contributed by atoms with Crippen LogP contribution in [0.4, 0.5) is 11.5 Å². The minimum Gasteiger partial charge on any atom is -0.456 e. The Bertz CT molecular complexity index is 1450. The molecule has 0 aliphatic heterocycles. The maximum absolute atomic E-state index is 13.2. The lowest BCUT2D eigenvalue weighted by molar-refractivity contribution is 0.0947. The molecule has 10 nitrogen and oxygen atoms in total. The summed E-state index contributed by atoms with van der Waals surface area (Å²) in [5.41, 5.74) is 5.18. The Morgan fingerprint density at radius 2 is 1.87 bits per heavy atom. The SMILES string of the molecule is Cc1cc(C)c(Oc2cc(Nc3ccc(C#N)cc3)ncc2C(=O)NCc2cn(CCCO)nn2)c(C)c1. The molecule has 4 aromatic rings. The second kappa shape index (κ2) is 12.0. The average Bonchev–Trinajstić information content (AvgIpc) is 3.36. The van der Waals surface area contributed by atoms with Crippen LogP contribution >= 0.6 is 0 Å². The number of carbonyl (C=O) groups is 1. The van der Waals surface area contributed by atoms with Gasteiger partial charge in [-0.25, -0.2) is 4.98 Å². The van der Waals surface area contributed by atoms with Gasteiger partial charge in [-0.15, -0.1) is 5.10 Å². The summed E-state index contributed by atoms with van der Waals surface area (Å²) in [6.45, 7) is 6.73. The molecule has 0 aliphatic rings. The zero-order chi connectivity index (χ0) is 27.1. The maximum atomic E-state index is 13.2. The molecule has 0 bridgehead atoms. The number of nitriles is 1. The van der Waals surface area contributed by atoms with Crippen molar-refractivity contribution < 1.29 is 14.6 Å². The molecule has 1 amide bonds. The number of aryl methyl sites for hydroxylation is 4. The number of nitrogens with zero attached hydrogens (tertiary/aromatic N) is 5. The Hall–Kier alpha value is -4.75. The molecular formula is C28H29N7O3. The predicted octanol–water partition coefficient (Wildman–Crippen LogP) is 4.32. The third kappa shape index (κ3) is 6.52. The van der Waals surface area contributed by atoms with Gasteiger partial charge in [0.25, 0.3) is 5.91 Å². The van der Waals surface area contributed by atoms with E-state index in [0.29, 0.717) is 41.5 Å². The first kappa shape index (κ1) is 26.3. The van der Waals surface area contributed by atoms with E-state index in [2.05, 4.69) is 32.0 Å². The quantitative estimate of drug-likeness (QED) is 0.286. The topological polar surface area (TPSA) is 138 Å². The number of carbonyl (C=O) groups excluding carboxylic acids is 1. The van der Waals surface area contributed by atoms with E-state index in [0.717, 1.165) is 22.4 Å². The van der Waals surface area contributed by atoms with Gasteiger partial charge >= 0.3 is 0 Å². The predicted molar refractivity (Wildman–Crippen MR) is 142 cm³/mol. The number of benzene rings is 2. The van der Waals surface area contributed by atoms with Crippen LogP contribution in [0.1, 0.15) is 44.7 Å². The monoisotopic (exact) mass is 511 g/mol. The molecule has 2 heterocycles. The van der Waals surface area contributed by atoms with E-state index < -0.39 is 0 Å². The Labute approximate surface area is 220 Å². The van der Waals surface area contributed by atoms with Gasteiger partial charge in [0, 0.05) is 31.1 Å². The van der Waals surface area contributed by atoms with Crippen molar-refractivity contribution in [3.8, 4) is 17.6 Å². The summed E-state index contributed by atoms with van der Waals surface area (Å²) in [6, 6.07) is 14.8. The summed E-state index contributed by atoms with van der Waals surface area (Å²) in [4.78, 5) is 17.6. The molecule has 4 rings (SSSR count). The Balaban J connectivity index is 1.59. The van der Waals surface area contributed by atoms with E-state index in [1.54, 1.807) is 41.2 Å². The Morgan fingerprint density at radius 1 is 1.13 bits per heavy atom. The number of hydrogen-bond acceptors (Lipinski definition) is 8. The number of nitrogens with one attached hydrogen (secondary N) is 2. The molecule has 0 unspecified atom stereocenters. The van der Waals surface area contributed by atoms with Crippen molar-refractivity contribution in [3.05, 3.63) is 88.4 Å².